The maximum atomic E-state index is 6.07. The van der Waals surface area contributed by atoms with Gasteiger partial charge in [0.1, 0.15) is 17.3 Å². The summed E-state index contributed by atoms with van der Waals surface area (Å²) in [5, 5.41) is 4.14. The molecule has 1 saturated carbocycles. The number of aromatic nitrogens is 2. The molecule has 0 bridgehead atoms. The van der Waals surface area contributed by atoms with E-state index in [1.807, 2.05) is 0 Å². The monoisotopic (exact) mass is 239 g/mol. The fourth-order valence-corrected chi connectivity index (χ4v) is 2.50. The average Bonchev–Trinajstić information content (AvgIpc) is 2.23. The molecule has 1 heterocycles. The Hall–Kier alpha value is -0.830. The van der Waals surface area contributed by atoms with Crippen LogP contribution in [0.5, 0.6) is 0 Å². The van der Waals surface area contributed by atoms with Crippen LogP contribution in [0.15, 0.2) is 6.33 Å². The van der Waals surface area contributed by atoms with Crippen LogP contribution in [0.25, 0.3) is 0 Å². The highest BCUT2D eigenvalue weighted by molar-refractivity contribution is 6.30. The van der Waals surface area contributed by atoms with Gasteiger partial charge < -0.3 is 5.32 Å². The summed E-state index contributed by atoms with van der Waals surface area (Å²) in [6.45, 7) is 4.30. The van der Waals surface area contributed by atoms with E-state index < -0.39 is 0 Å². The number of hydrogen-bond donors (Lipinski definition) is 1. The highest BCUT2D eigenvalue weighted by Gasteiger charge is 2.35. The zero-order valence-corrected chi connectivity index (χ0v) is 10.6. The van der Waals surface area contributed by atoms with Crippen molar-refractivity contribution in [3.05, 3.63) is 17.0 Å². The second-order valence-corrected chi connectivity index (χ2v) is 4.82. The van der Waals surface area contributed by atoms with E-state index in [1.54, 1.807) is 0 Å². The number of anilines is 1. The number of hydrogen-bond acceptors (Lipinski definition) is 3. The lowest BCUT2D eigenvalue weighted by atomic mass is 9.75. The van der Waals surface area contributed by atoms with Crippen molar-refractivity contribution in [3.8, 4) is 0 Å². The van der Waals surface area contributed by atoms with Gasteiger partial charge in [-0.1, -0.05) is 25.4 Å². The molecule has 2 rings (SSSR count). The van der Waals surface area contributed by atoms with Gasteiger partial charge in [-0.3, -0.25) is 0 Å². The van der Waals surface area contributed by atoms with Crippen LogP contribution in [0.1, 0.15) is 45.1 Å². The minimum absolute atomic E-state index is 0.252. The van der Waals surface area contributed by atoms with E-state index in [0.29, 0.717) is 5.15 Å². The van der Waals surface area contributed by atoms with Crippen molar-refractivity contribution in [3.63, 3.8) is 0 Å². The molecular weight excluding hydrogens is 222 g/mol. The van der Waals surface area contributed by atoms with Gasteiger partial charge in [0.15, 0.2) is 0 Å². The largest absolute Gasteiger partial charge is 0.364 e. The average molecular weight is 240 g/mol. The summed E-state index contributed by atoms with van der Waals surface area (Å²) >= 11 is 6.07. The molecule has 0 saturated heterocycles. The van der Waals surface area contributed by atoms with Gasteiger partial charge in [0, 0.05) is 11.1 Å². The topological polar surface area (TPSA) is 37.8 Å². The van der Waals surface area contributed by atoms with E-state index in [0.717, 1.165) is 24.2 Å². The van der Waals surface area contributed by atoms with Gasteiger partial charge in [-0.05, 0) is 32.1 Å². The molecule has 1 aromatic heterocycles. The molecule has 0 radical (unpaired) electrons. The Balaban J connectivity index is 2.23. The van der Waals surface area contributed by atoms with E-state index in [-0.39, 0.29) is 5.54 Å². The number of nitrogens with one attached hydrogen (secondary N) is 1. The van der Waals surface area contributed by atoms with Crippen LogP contribution in [0.3, 0.4) is 0 Å². The lowest BCUT2D eigenvalue weighted by Gasteiger charge is -2.42. The van der Waals surface area contributed by atoms with Gasteiger partial charge in [-0.15, -0.1) is 0 Å². The van der Waals surface area contributed by atoms with Crippen LogP contribution in [0.2, 0.25) is 5.15 Å². The predicted octanol–water partition coefficient (Wildman–Crippen LogP) is 3.44. The zero-order chi connectivity index (χ0) is 11.6. The fourth-order valence-electron chi connectivity index (χ4n) is 2.23. The highest BCUT2D eigenvalue weighted by atomic mass is 35.5. The number of halogens is 1. The third-order valence-corrected chi connectivity index (χ3v) is 3.94. The second-order valence-electron chi connectivity index (χ2n) is 4.46. The van der Waals surface area contributed by atoms with Crippen molar-refractivity contribution in [1.82, 2.24) is 9.97 Å². The molecular formula is C12H18ClN3. The normalized spacial score (nSPS) is 17.9. The summed E-state index contributed by atoms with van der Waals surface area (Å²) in [6, 6.07) is 0. The first kappa shape index (κ1) is 11.6. The Morgan fingerprint density at radius 2 is 2.12 bits per heavy atom. The molecule has 0 unspecified atom stereocenters. The first-order valence-electron chi connectivity index (χ1n) is 5.98. The number of rotatable bonds is 4. The molecule has 3 nitrogen and oxygen atoms in total. The van der Waals surface area contributed by atoms with E-state index in [2.05, 4.69) is 29.1 Å². The summed E-state index contributed by atoms with van der Waals surface area (Å²) in [5.74, 6) is 0.920. The maximum absolute atomic E-state index is 6.07. The summed E-state index contributed by atoms with van der Waals surface area (Å²) < 4.78 is 0. The molecule has 16 heavy (non-hydrogen) atoms. The number of nitrogens with zero attached hydrogens (tertiary/aromatic N) is 2. The van der Waals surface area contributed by atoms with E-state index >= 15 is 0 Å². The first-order chi connectivity index (χ1) is 7.71. The quantitative estimate of drug-likeness (QED) is 0.818. The van der Waals surface area contributed by atoms with Crippen molar-refractivity contribution >= 4 is 17.4 Å². The van der Waals surface area contributed by atoms with Gasteiger partial charge in [-0.2, -0.15) is 0 Å². The first-order valence-corrected chi connectivity index (χ1v) is 6.36. The lowest BCUT2D eigenvalue weighted by Crippen LogP contribution is -2.44. The summed E-state index contributed by atoms with van der Waals surface area (Å²) in [6.07, 6.45) is 7.30. The van der Waals surface area contributed by atoms with Crippen LogP contribution in [-0.4, -0.2) is 15.5 Å². The fraction of sp³-hybridized carbons (Fsp3) is 0.667. The molecule has 1 aromatic rings. The minimum Gasteiger partial charge on any atom is -0.364 e. The van der Waals surface area contributed by atoms with Crippen LogP contribution in [-0.2, 0) is 6.42 Å². The van der Waals surface area contributed by atoms with Crippen molar-refractivity contribution in [2.45, 2.75) is 51.5 Å². The SMILES string of the molecule is CCc1c(Cl)ncnc1NC1(CC)CCC1. The molecule has 0 aromatic carbocycles. The molecule has 0 aliphatic heterocycles. The Morgan fingerprint density at radius 1 is 1.38 bits per heavy atom. The van der Waals surface area contributed by atoms with Crippen LogP contribution in [0.4, 0.5) is 5.82 Å². The molecule has 4 heteroatoms. The minimum atomic E-state index is 0.252. The Morgan fingerprint density at radius 3 is 2.62 bits per heavy atom. The highest BCUT2D eigenvalue weighted by Crippen LogP contribution is 2.38. The zero-order valence-electron chi connectivity index (χ0n) is 9.89. The molecule has 88 valence electrons. The smallest absolute Gasteiger partial charge is 0.137 e. The molecule has 0 spiro atoms. The molecule has 1 N–H and O–H groups in total. The Bertz CT molecular complexity index is 369. The van der Waals surface area contributed by atoms with Crippen LogP contribution >= 0.6 is 11.6 Å². The predicted molar refractivity (Wildman–Crippen MR) is 66.9 cm³/mol. The van der Waals surface area contributed by atoms with Crippen molar-refractivity contribution in [2.24, 2.45) is 0 Å². The van der Waals surface area contributed by atoms with Gasteiger partial charge in [-0.25, -0.2) is 9.97 Å². The van der Waals surface area contributed by atoms with Crippen LogP contribution < -0.4 is 5.32 Å². The third kappa shape index (κ3) is 2.01. The van der Waals surface area contributed by atoms with Gasteiger partial charge in [0.25, 0.3) is 0 Å². The van der Waals surface area contributed by atoms with Crippen molar-refractivity contribution < 1.29 is 0 Å². The van der Waals surface area contributed by atoms with Crippen molar-refractivity contribution in [1.29, 1.82) is 0 Å². The summed E-state index contributed by atoms with van der Waals surface area (Å²) in [4.78, 5) is 8.34. The molecule has 0 amide bonds. The van der Waals surface area contributed by atoms with E-state index in [4.69, 9.17) is 11.6 Å². The molecule has 0 atom stereocenters. The molecule has 1 fully saturated rings. The Kier molecular flexibility index (Phi) is 3.33. The van der Waals surface area contributed by atoms with Crippen molar-refractivity contribution in [2.75, 3.05) is 5.32 Å². The van der Waals surface area contributed by atoms with Gasteiger partial charge >= 0.3 is 0 Å². The molecule has 1 aliphatic carbocycles. The standard InChI is InChI=1S/C12H18ClN3/c1-3-9-10(13)14-8-15-11(9)16-12(4-2)6-5-7-12/h8H,3-7H2,1-2H3,(H,14,15,16). The van der Waals surface area contributed by atoms with E-state index in [9.17, 15) is 0 Å². The lowest BCUT2D eigenvalue weighted by molar-refractivity contribution is 0.268. The summed E-state index contributed by atoms with van der Waals surface area (Å²) in [7, 11) is 0. The van der Waals surface area contributed by atoms with Crippen LogP contribution in [0, 0.1) is 0 Å². The van der Waals surface area contributed by atoms with Gasteiger partial charge in [0.05, 0.1) is 0 Å². The summed E-state index contributed by atoms with van der Waals surface area (Å²) in [5.41, 5.74) is 1.28. The third-order valence-electron chi connectivity index (χ3n) is 3.62. The maximum Gasteiger partial charge on any atom is 0.137 e. The Labute approximate surface area is 102 Å². The molecule has 1 aliphatic rings. The van der Waals surface area contributed by atoms with Gasteiger partial charge in [0.2, 0.25) is 0 Å². The van der Waals surface area contributed by atoms with E-state index in [1.165, 1.54) is 25.6 Å². The second kappa shape index (κ2) is 4.58.